The maximum atomic E-state index is 12.4. The number of hydrogen-bond donors (Lipinski definition) is 2. The van der Waals surface area contributed by atoms with Crippen molar-refractivity contribution in [1.29, 1.82) is 0 Å². The minimum absolute atomic E-state index is 0.156. The van der Waals surface area contributed by atoms with Gasteiger partial charge in [0.25, 0.3) is 0 Å². The van der Waals surface area contributed by atoms with E-state index in [9.17, 15) is 13.2 Å². The van der Waals surface area contributed by atoms with Crippen LogP contribution in [0.2, 0.25) is 0 Å². The molecule has 26 heavy (non-hydrogen) atoms. The van der Waals surface area contributed by atoms with Gasteiger partial charge in [-0.1, -0.05) is 34.1 Å². The highest BCUT2D eigenvalue weighted by Crippen LogP contribution is 2.17. The highest BCUT2D eigenvalue weighted by Gasteiger charge is 2.22. The predicted octanol–water partition coefficient (Wildman–Crippen LogP) is 2.69. The number of likely N-dealkylation sites (N-methyl/N-ethyl adjacent to an activating group) is 1. The van der Waals surface area contributed by atoms with Crippen LogP contribution in [0.25, 0.3) is 0 Å². The minimum atomic E-state index is -3.68. The second-order valence-corrected chi connectivity index (χ2v) is 8.67. The van der Waals surface area contributed by atoms with Crippen LogP contribution in [-0.4, -0.2) is 45.3 Å². The fourth-order valence-electron chi connectivity index (χ4n) is 2.23. The molecular formula is C18H22BrN3O3S. The van der Waals surface area contributed by atoms with Crippen molar-refractivity contribution in [3.8, 4) is 0 Å². The molecule has 2 aromatic rings. The number of nitrogens with zero attached hydrogens (tertiary/aromatic N) is 1. The molecular weight excluding hydrogens is 418 g/mol. The molecule has 0 aliphatic rings. The van der Waals surface area contributed by atoms with E-state index in [2.05, 4.69) is 26.6 Å². The smallest absolute Gasteiger partial charge is 0.243 e. The highest BCUT2D eigenvalue weighted by atomic mass is 79.9. The van der Waals surface area contributed by atoms with Crippen molar-refractivity contribution < 1.29 is 13.2 Å². The van der Waals surface area contributed by atoms with Gasteiger partial charge in [-0.25, -0.2) is 8.42 Å². The number of amides is 1. The van der Waals surface area contributed by atoms with Crippen LogP contribution in [0.15, 0.2) is 64.0 Å². The van der Waals surface area contributed by atoms with Gasteiger partial charge in [0.05, 0.1) is 11.4 Å². The van der Waals surface area contributed by atoms with Crippen LogP contribution in [0.3, 0.4) is 0 Å². The number of hydrogen-bond acceptors (Lipinski definition) is 4. The van der Waals surface area contributed by atoms with E-state index in [4.69, 9.17) is 0 Å². The van der Waals surface area contributed by atoms with E-state index in [-0.39, 0.29) is 17.3 Å². The van der Waals surface area contributed by atoms with Crippen LogP contribution >= 0.6 is 15.9 Å². The molecule has 2 N–H and O–H groups in total. The average molecular weight is 440 g/mol. The van der Waals surface area contributed by atoms with Crippen LogP contribution in [-0.2, 0) is 14.8 Å². The summed E-state index contributed by atoms with van der Waals surface area (Å²) in [6.07, 6.45) is 0.740. The molecule has 0 saturated heterocycles. The number of benzene rings is 2. The molecule has 6 nitrogen and oxygen atoms in total. The number of carbonyl (C=O) groups is 1. The van der Waals surface area contributed by atoms with Gasteiger partial charge in [-0.15, -0.1) is 0 Å². The molecule has 140 valence electrons. The van der Waals surface area contributed by atoms with Gasteiger partial charge < -0.3 is 10.6 Å². The average Bonchev–Trinajstić information content (AvgIpc) is 2.62. The summed E-state index contributed by atoms with van der Waals surface area (Å²) in [6, 6.07) is 16.1. The third kappa shape index (κ3) is 6.12. The summed E-state index contributed by atoms with van der Waals surface area (Å²) in [6.45, 7) is 0.979. The largest absolute Gasteiger partial charge is 0.385 e. The summed E-state index contributed by atoms with van der Waals surface area (Å²) in [5.74, 6) is -0.326. The minimum Gasteiger partial charge on any atom is -0.385 e. The Labute approximate surface area is 162 Å². The number of halogens is 1. The van der Waals surface area contributed by atoms with Gasteiger partial charge in [-0.05, 0) is 42.8 Å². The molecule has 0 atom stereocenters. The molecule has 2 aromatic carbocycles. The van der Waals surface area contributed by atoms with E-state index in [0.29, 0.717) is 6.54 Å². The Kier molecular flexibility index (Phi) is 7.62. The highest BCUT2D eigenvalue weighted by molar-refractivity contribution is 9.10. The fraction of sp³-hybridized carbons (Fsp3) is 0.278. The van der Waals surface area contributed by atoms with Gasteiger partial charge in [-0.3, -0.25) is 4.79 Å². The SMILES string of the molecule is CN(CC(=O)NCCCNc1ccccc1)S(=O)(=O)c1ccc(Br)cc1. The fourth-order valence-corrected chi connectivity index (χ4v) is 3.63. The van der Waals surface area contributed by atoms with Gasteiger partial charge in [0, 0.05) is 30.3 Å². The zero-order valence-electron chi connectivity index (χ0n) is 14.5. The lowest BCUT2D eigenvalue weighted by atomic mass is 10.3. The van der Waals surface area contributed by atoms with Crippen molar-refractivity contribution in [3.63, 3.8) is 0 Å². The maximum Gasteiger partial charge on any atom is 0.243 e. The van der Waals surface area contributed by atoms with Gasteiger partial charge >= 0.3 is 0 Å². The first-order valence-corrected chi connectivity index (χ1v) is 10.4. The van der Waals surface area contributed by atoms with E-state index >= 15 is 0 Å². The van der Waals surface area contributed by atoms with Crippen molar-refractivity contribution in [1.82, 2.24) is 9.62 Å². The molecule has 8 heteroatoms. The number of nitrogens with one attached hydrogen (secondary N) is 2. The first kappa shape index (κ1) is 20.4. The molecule has 0 unspecified atom stereocenters. The zero-order valence-corrected chi connectivity index (χ0v) is 16.9. The van der Waals surface area contributed by atoms with E-state index in [0.717, 1.165) is 27.4 Å². The first-order chi connectivity index (χ1) is 12.4. The molecule has 0 spiro atoms. The summed E-state index contributed by atoms with van der Waals surface area (Å²) < 4.78 is 26.7. The Bertz CT molecular complexity index is 811. The Morgan fingerprint density at radius 3 is 2.35 bits per heavy atom. The van der Waals surface area contributed by atoms with Crippen LogP contribution in [0.1, 0.15) is 6.42 Å². The Hall–Kier alpha value is -1.90. The normalized spacial score (nSPS) is 11.3. The molecule has 0 radical (unpaired) electrons. The molecule has 0 aliphatic carbocycles. The van der Waals surface area contributed by atoms with Crippen molar-refractivity contribution in [2.45, 2.75) is 11.3 Å². The third-order valence-electron chi connectivity index (χ3n) is 3.67. The van der Waals surface area contributed by atoms with Gasteiger partial charge in [0.2, 0.25) is 15.9 Å². The third-order valence-corrected chi connectivity index (χ3v) is 6.01. The lowest BCUT2D eigenvalue weighted by Crippen LogP contribution is -2.38. The van der Waals surface area contributed by atoms with Gasteiger partial charge in [0.1, 0.15) is 0 Å². The number of para-hydroxylation sites is 1. The molecule has 0 bridgehead atoms. The monoisotopic (exact) mass is 439 g/mol. The standard InChI is InChI=1S/C18H22BrN3O3S/c1-22(26(24,25)17-10-8-15(19)9-11-17)14-18(23)21-13-5-12-20-16-6-3-2-4-7-16/h2-4,6-11,20H,5,12-14H2,1H3,(H,21,23). The molecule has 0 aliphatic heterocycles. The van der Waals surface area contributed by atoms with Gasteiger partial charge in [-0.2, -0.15) is 4.31 Å². The maximum absolute atomic E-state index is 12.4. The zero-order chi connectivity index (χ0) is 19.0. The van der Waals surface area contributed by atoms with Crippen LogP contribution < -0.4 is 10.6 Å². The van der Waals surface area contributed by atoms with Crippen LogP contribution in [0.4, 0.5) is 5.69 Å². The van der Waals surface area contributed by atoms with Crippen molar-refractivity contribution in [2.75, 3.05) is 32.0 Å². The molecule has 0 heterocycles. The van der Waals surface area contributed by atoms with Crippen molar-refractivity contribution in [3.05, 3.63) is 59.1 Å². The topological polar surface area (TPSA) is 78.5 Å². The molecule has 0 fully saturated rings. The number of sulfonamides is 1. The van der Waals surface area contributed by atoms with Crippen LogP contribution in [0, 0.1) is 0 Å². The van der Waals surface area contributed by atoms with E-state index in [1.54, 1.807) is 12.1 Å². The number of anilines is 1. The second kappa shape index (κ2) is 9.70. The van der Waals surface area contributed by atoms with E-state index in [1.807, 2.05) is 30.3 Å². The molecule has 0 saturated carbocycles. The Morgan fingerprint density at radius 1 is 1.04 bits per heavy atom. The first-order valence-electron chi connectivity index (χ1n) is 8.17. The van der Waals surface area contributed by atoms with Crippen LogP contribution in [0.5, 0.6) is 0 Å². The quantitative estimate of drug-likeness (QED) is 0.588. The van der Waals surface area contributed by atoms with E-state index < -0.39 is 10.0 Å². The second-order valence-electron chi connectivity index (χ2n) is 5.71. The Morgan fingerprint density at radius 2 is 1.69 bits per heavy atom. The van der Waals surface area contributed by atoms with Gasteiger partial charge in [0.15, 0.2) is 0 Å². The Balaban J connectivity index is 1.73. The van der Waals surface area contributed by atoms with Crippen molar-refractivity contribution >= 4 is 37.5 Å². The lowest BCUT2D eigenvalue weighted by Gasteiger charge is -2.17. The van der Waals surface area contributed by atoms with E-state index in [1.165, 1.54) is 19.2 Å². The number of rotatable bonds is 9. The summed E-state index contributed by atoms with van der Waals surface area (Å²) in [7, 11) is -2.29. The summed E-state index contributed by atoms with van der Waals surface area (Å²) in [5, 5.41) is 5.99. The molecule has 2 rings (SSSR count). The molecule has 0 aromatic heterocycles. The predicted molar refractivity (Wildman–Crippen MR) is 107 cm³/mol. The summed E-state index contributed by atoms with van der Waals surface area (Å²) >= 11 is 3.27. The summed E-state index contributed by atoms with van der Waals surface area (Å²) in [5.41, 5.74) is 1.03. The van der Waals surface area contributed by atoms with Crippen molar-refractivity contribution in [2.24, 2.45) is 0 Å². The number of carbonyl (C=O) groups excluding carboxylic acids is 1. The lowest BCUT2D eigenvalue weighted by molar-refractivity contribution is -0.121. The summed E-state index contributed by atoms with van der Waals surface area (Å²) in [4.78, 5) is 12.1. The molecule has 1 amide bonds.